The van der Waals surface area contributed by atoms with Crippen molar-refractivity contribution in [3.8, 4) is 11.3 Å². The molecule has 2 aromatic heterocycles. The second-order valence-corrected chi connectivity index (χ2v) is 10.8. The third-order valence-electron chi connectivity index (χ3n) is 6.01. The highest BCUT2D eigenvalue weighted by Gasteiger charge is 2.37. The fraction of sp³-hybridized carbons (Fsp3) is 0.304. The van der Waals surface area contributed by atoms with Gasteiger partial charge in [0.15, 0.2) is 9.84 Å². The highest BCUT2D eigenvalue weighted by Crippen LogP contribution is 2.30. The van der Waals surface area contributed by atoms with E-state index in [0.29, 0.717) is 29.1 Å². The lowest BCUT2D eigenvalue weighted by Gasteiger charge is -2.27. The van der Waals surface area contributed by atoms with Crippen LogP contribution in [0.2, 0.25) is 0 Å². The van der Waals surface area contributed by atoms with Crippen LogP contribution in [-0.4, -0.2) is 57.9 Å². The highest BCUT2D eigenvalue weighted by molar-refractivity contribution is 7.91. The molecule has 3 aromatic rings. The van der Waals surface area contributed by atoms with Crippen molar-refractivity contribution >= 4 is 38.8 Å². The molecule has 1 aromatic carbocycles. The van der Waals surface area contributed by atoms with Crippen LogP contribution in [0.1, 0.15) is 24.8 Å². The van der Waals surface area contributed by atoms with Gasteiger partial charge < -0.3 is 5.32 Å². The zero-order chi connectivity index (χ0) is 24.0. The maximum atomic E-state index is 13.5. The van der Waals surface area contributed by atoms with Crippen molar-refractivity contribution in [3.05, 3.63) is 54.0 Å². The molecule has 176 valence electrons. The van der Waals surface area contributed by atoms with Crippen molar-refractivity contribution in [2.75, 3.05) is 16.8 Å². The highest BCUT2D eigenvalue weighted by atomic mass is 32.2. The molecule has 0 bridgehead atoms. The molecule has 2 aliphatic rings. The normalized spacial score (nSPS) is 19.9. The van der Waals surface area contributed by atoms with Gasteiger partial charge in [-0.15, -0.1) is 0 Å². The number of carbonyl (C=O) groups is 2. The van der Waals surface area contributed by atoms with E-state index < -0.39 is 21.8 Å². The van der Waals surface area contributed by atoms with Crippen molar-refractivity contribution in [3.63, 3.8) is 0 Å². The Hall–Kier alpha value is -3.60. The number of carbonyl (C=O) groups excluding carboxylic acids is 2. The summed E-state index contributed by atoms with van der Waals surface area (Å²) in [6.07, 6.45) is 2.29. The van der Waals surface area contributed by atoms with Crippen LogP contribution in [0.5, 0.6) is 0 Å². The van der Waals surface area contributed by atoms with Gasteiger partial charge in [0.1, 0.15) is 28.7 Å². The van der Waals surface area contributed by atoms with E-state index in [0.717, 1.165) is 10.6 Å². The van der Waals surface area contributed by atoms with E-state index in [9.17, 15) is 22.4 Å². The number of nitrogens with one attached hydrogen (secondary N) is 1. The molecule has 0 spiro atoms. The Morgan fingerprint density at radius 1 is 1.18 bits per heavy atom. The van der Waals surface area contributed by atoms with Crippen molar-refractivity contribution in [1.29, 1.82) is 0 Å². The lowest BCUT2D eigenvalue weighted by Crippen LogP contribution is -2.42. The van der Waals surface area contributed by atoms with Gasteiger partial charge in [0.25, 0.3) is 5.91 Å². The molecule has 5 rings (SSSR count). The van der Waals surface area contributed by atoms with E-state index in [1.165, 1.54) is 12.1 Å². The smallest absolute Gasteiger partial charge is 0.273 e. The Labute approximate surface area is 195 Å². The first kappa shape index (κ1) is 22.2. The SMILES string of the molecule is Cc1ccn2c(NC(=O)C3=NN(C4CCS(=O)(=O)C4)C(=O)CC3)c(-c3ccc(F)cc3)nc2c1. The van der Waals surface area contributed by atoms with Gasteiger partial charge in [0, 0.05) is 24.6 Å². The molecular formula is C23H22FN5O4S. The molecule has 2 aliphatic heterocycles. The third kappa shape index (κ3) is 4.18. The number of hydrogen-bond acceptors (Lipinski definition) is 6. The molecule has 4 heterocycles. The minimum atomic E-state index is -3.22. The summed E-state index contributed by atoms with van der Waals surface area (Å²) in [7, 11) is -3.22. The third-order valence-corrected chi connectivity index (χ3v) is 7.76. The van der Waals surface area contributed by atoms with E-state index >= 15 is 0 Å². The van der Waals surface area contributed by atoms with Crippen LogP contribution in [0.15, 0.2) is 47.7 Å². The van der Waals surface area contributed by atoms with Crippen molar-refractivity contribution < 1.29 is 22.4 Å². The summed E-state index contributed by atoms with van der Waals surface area (Å²) in [6, 6.07) is 8.98. The molecular weight excluding hydrogens is 461 g/mol. The lowest BCUT2D eigenvalue weighted by molar-refractivity contribution is -0.133. The summed E-state index contributed by atoms with van der Waals surface area (Å²) in [4.78, 5) is 30.2. The van der Waals surface area contributed by atoms with Gasteiger partial charge >= 0.3 is 0 Å². The first-order valence-corrected chi connectivity index (χ1v) is 12.7. The number of fused-ring (bicyclic) bond motifs is 1. The van der Waals surface area contributed by atoms with Crippen molar-refractivity contribution in [1.82, 2.24) is 14.4 Å². The maximum absolute atomic E-state index is 13.5. The largest absolute Gasteiger partial charge is 0.305 e. The monoisotopic (exact) mass is 483 g/mol. The quantitative estimate of drug-likeness (QED) is 0.613. The van der Waals surface area contributed by atoms with Crippen LogP contribution < -0.4 is 5.32 Å². The van der Waals surface area contributed by atoms with Crippen LogP contribution in [-0.2, 0) is 19.4 Å². The van der Waals surface area contributed by atoms with Crippen LogP contribution in [0.25, 0.3) is 16.9 Å². The van der Waals surface area contributed by atoms with Gasteiger partial charge in [-0.05, 0) is 55.3 Å². The van der Waals surface area contributed by atoms with Gasteiger partial charge in [-0.1, -0.05) is 0 Å². The number of anilines is 1. The molecule has 34 heavy (non-hydrogen) atoms. The summed E-state index contributed by atoms with van der Waals surface area (Å²) in [5, 5.41) is 8.26. The molecule has 1 unspecified atom stereocenters. The Morgan fingerprint density at radius 3 is 2.65 bits per heavy atom. The summed E-state index contributed by atoms with van der Waals surface area (Å²) in [5.41, 5.74) is 2.81. The van der Waals surface area contributed by atoms with Gasteiger partial charge in [-0.2, -0.15) is 5.10 Å². The minimum Gasteiger partial charge on any atom is -0.305 e. The molecule has 0 radical (unpaired) electrons. The Morgan fingerprint density at radius 2 is 1.94 bits per heavy atom. The molecule has 9 nitrogen and oxygen atoms in total. The number of halogens is 1. The van der Waals surface area contributed by atoms with E-state index in [2.05, 4.69) is 15.4 Å². The van der Waals surface area contributed by atoms with E-state index in [-0.39, 0.29) is 41.8 Å². The number of aryl methyl sites for hydroxylation is 1. The molecule has 2 amide bonds. The molecule has 1 N–H and O–H groups in total. The predicted molar refractivity (Wildman–Crippen MR) is 125 cm³/mol. The number of nitrogens with zero attached hydrogens (tertiary/aromatic N) is 4. The maximum Gasteiger partial charge on any atom is 0.273 e. The Bertz CT molecular complexity index is 1450. The number of hydrazone groups is 1. The summed E-state index contributed by atoms with van der Waals surface area (Å²) in [6.45, 7) is 1.93. The van der Waals surface area contributed by atoms with Crippen LogP contribution in [0, 0.1) is 12.7 Å². The van der Waals surface area contributed by atoms with E-state index in [1.807, 2.05) is 19.1 Å². The first-order chi connectivity index (χ1) is 16.2. The number of sulfone groups is 1. The van der Waals surface area contributed by atoms with Crippen molar-refractivity contribution in [2.45, 2.75) is 32.2 Å². The zero-order valence-corrected chi connectivity index (χ0v) is 19.2. The summed E-state index contributed by atoms with van der Waals surface area (Å²) < 4.78 is 38.9. The number of rotatable bonds is 4. The van der Waals surface area contributed by atoms with Crippen LogP contribution in [0.4, 0.5) is 10.2 Å². The molecule has 0 saturated carbocycles. The standard InChI is InChI=1S/C23H22FN5O4S/c1-14-8-10-28-19(12-14)25-21(15-2-4-16(24)5-3-15)22(28)26-23(31)18-6-7-20(30)29(27-18)17-9-11-34(32,33)13-17/h2-5,8,10,12,17H,6-7,9,11,13H2,1H3,(H,26,31). The predicted octanol–water partition coefficient (Wildman–Crippen LogP) is 2.55. The Kier molecular flexibility index (Phi) is 5.43. The van der Waals surface area contributed by atoms with Crippen LogP contribution in [0.3, 0.4) is 0 Å². The van der Waals surface area contributed by atoms with Gasteiger partial charge in [0.05, 0.1) is 17.5 Å². The fourth-order valence-corrected chi connectivity index (χ4v) is 5.93. The second kappa shape index (κ2) is 8.32. The topological polar surface area (TPSA) is 113 Å². The van der Waals surface area contributed by atoms with E-state index in [1.54, 1.807) is 22.7 Å². The van der Waals surface area contributed by atoms with E-state index in [4.69, 9.17) is 0 Å². The van der Waals surface area contributed by atoms with Gasteiger partial charge in [-0.25, -0.2) is 22.8 Å². The van der Waals surface area contributed by atoms with Crippen LogP contribution >= 0.6 is 0 Å². The minimum absolute atomic E-state index is 0.000751. The number of aromatic nitrogens is 2. The van der Waals surface area contributed by atoms with Gasteiger partial charge in [0.2, 0.25) is 5.91 Å². The first-order valence-electron chi connectivity index (χ1n) is 10.9. The lowest BCUT2D eigenvalue weighted by atomic mass is 10.1. The number of benzene rings is 1. The molecule has 1 saturated heterocycles. The zero-order valence-electron chi connectivity index (χ0n) is 18.4. The number of hydrogen-bond donors (Lipinski definition) is 1. The summed E-state index contributed by atoms with van der Waals surface area (Å²) >= 11 is 0. The summed E-state index contributed by atoms with van der Waals surface area (Å²) in [5.74, 6) is -0.954. The molecule has 11 heteroatoms. The van der Waals surface area contributed by atoms with Gasteiger partial charge in [-0.3, -0.25) is 14.0 Å². The Balaban J connectivity index is 1.49. The second-order valence-electron chi connectivity index (χ2n) is 8.54. The fourth-order valence-electron chi connectivity index (χ4n) is 4.24. The molecule has 1 atom stereocenters. The number of pyridine rings is 1. The molecule has 1 fully saturated rings. The van der Waals surface area contributed by atoms with Crippen molar-refractivity contribution in [2.24, 2.45) is 5.10 Å². The number of imidazole rings is 1. The number of amides is 2. The molecule has 0 aliphatic carbocycles. The average Bonchev–Trinajstić information content (AvgIpc) is 3.33. The average molecular weight is 484 g/mol.